The summed E-state index contributed by atoms with van der Waals surface area (Å²) in [6.45, 7) is 7.04. The second-order valence-electron chi connectivity index (χ2n) is 8.22. The number of nitrogens with one attached hydrogen (secondary N) is 3. The highest BCUT2D eigenvalue weighted by atomic mass is 16.2. The van der Waals surface area contributed by atoms with Crippen LogP contribution in [0.2, 0.25) is 0 Å². The van der Waals surface area contributed by atoms with E-state index in [1.54, 1.807) is 0 Å². The van der Waals surface area contributed by atoms with Gasteiger partial charge in [-0.05, 0) is 57.8 Å². The number of carbonyl (C=O) groups is 2. The quantitative estimate of drug-likeness (QED) is 0.721. The largest absolute Gasteiger partial charge is 0.354 e. The van der Waals surface area contributed by atoms with Gasteiger partial charge in [0.05, 0.1) is 0 Å². The van der Waals surface area contributed by atoms with E-state index in [4.69, 9.17) is 0 Å². The van der Waals surface area contributed by atoms with Crippen LogP contribution in [0.1, 0.15) is 72.1 Å². The molecule has 4 unspecified atom stereocenters. The van der Waals surface area contributed by atoms with Crippen molar-refractivity contribution in [2.75, 3.05) is 6.54 Å². The van der Waals surface area contributed by atoms with Gasteiger partial charge in [-0.25, -0.2) is 4.79 Å². The van der Waals surface area contributed by atoms with Crippen molar-refractivity contribution in [1.29, 1.82) is 0 Å². The molecule has 0 heterocycles. The van der Waals surface area contributed by atoms with Crippen LogP contribution in [-0.2, 0) is 4.79 Å². The summed E-state index contributed by atoms with van der Waals surface area (Å²) < 4.78 is 0. The lowest BCUT2D eigenvalue weighted by Crippen LogP contribution is -2.47. The maximum absolute atomic E-state index is 12.2. The molecular formula is C19H35N3O2. The molecule has 2 rings (SSSR count). The van der Waals surface area contributed by atoms with E-state index >= 15 is 0 Å². The molecule has 5 nitrogen and oxygen atoms in total. The molecule has 0 aromatic rings. The first-order valence-electron chi connectivity index (χ1n) is 9.78. The minimum atomic E-state index is -0.0665. The Morgan fingerprint density at radius 1 is 1.04 bits per heavy atom. The Hall–Kier alpha value is -1.26. The SMILES string of the molecule is CC1CCCC(CNC(=O)NC2CCCC(C(=O)NC(C)C)C2)C1. The third kappa shape index (κ3) is 6.33. The maximum atomic E-state index is 12.2. The third-order valence-corrected chi connectivity index (χ3v) is 5.41. The van der Waals surface area contributed by atoms with E-state index < -0.39 is 0 Å². The summed E-state index contributed by atoms with van der Waals surface area (Å²) in [7, 11) is 0. The van der Waals surface area contributed by atoms with Crippen molar-refractivity contribution in [1.82, 2.24) is 16.0 Å². The van der Waals surface area contributed by atoms with Crippen LogP contribution in [0.25, 0.3) is 0 Å². The van der Waals surface area contributed by atoms with Crippen LogP contribution in [0.15, 0.2) is 0 Å². The van der Waals surface area contributed by atoms with Crippen LogP contribution in [0, 0.1) is 17.8 Å². The van der Waals surface area contributed by atoms with Crippen molar-refractivity contribution in [3.05, 3.63) is 0 Å². The molecule has 3 amide bonds. The van der Waals surface area contributed by atoms with Gasteiger partial charge in [0, 0.05) is 24.5 Å². The zero-order valence-electron chi connectivity index (χ0n) is 15.6. The molecule has 2 aliphatic rings. The number of urea groups is 1. The molecule has 2 saturated carbocycles. The van der Waals surface area contributed by atoms with Gasteiger partial charge in [0.25, 0.3) is 0 Å². The van der Waals surface area contributed by atoms with E-state index in [-0.39, 0.29) is 29.9 Å². The first-order valence-corrected chi connectivity index (χ1v) is 9.78. The van der Waals surface area contributed by atoms with Crippen LogP contribution < -0.4 is 16.0 Å². The molecule has 138 valence electrons. The average Bonchev–Trinajstić information content (AvgIpc) is 2.53. The van der Waals surface area contributed by atoms with Crippen molar-refractivity contribution >= 4 is 11.9 Å². The van der Waals surface area contributed by atoms with Gasteiger partial charge < -0.3 is 16.0 Å². The van der Waals surface area contributed by atoms with Gasteiger partial charge in [-0.15, -0.1) is 0 Å². The van der Waals surface area contributed by atoms with Crippen LogP contribution in [0.5, 0.6) is 0 Å². The fraction of sp³-hybridized carbons (Fsp3) is 0.895. The molecule has 2 fully saturated rings. The molecule has 0 aromatic carbocycles. The summed E-state index contributed by atoms with van der Waals surface area (Å²) in [5.74, 6) is 1.57. The lowest BCUT2D eigenvalue weighted by Gasteiger charge is -2.30. The van der Waals surface area contributed by atoms with Gasteiger partial charge in [0.15, 0.2) is 0 Å². The number of carbonyl (C=O) groups excluding carboxylic acids is 2. The van der Waals surface area contributed by atoms with Crippen LogP contribution in [-0.4, -0.2) is 30.6 Å². The fourth-order valence-corrected chi connectivity index (χ4v) is 4.18. The summed E-state index contributed by atoms with van der Waals surface area (Å²) in [6.07, 6.45) is 8.72. The Morgan fingerprint density at radius 3 is 2.50 bits per heavy atom. The third-order valence-electron chi connectivity index (χ3n) is 5.41. The molecular weight excluding hydrogens is 302 g/mol. The van der Waals surface area contributed by atoms with Crippen molar-refractivity contribution in [3.8, 4) is 0 Å². The fourth-order valence-electron chi connectivity index (χ4n) is 4.18. The second-order valence-corrected chi connectivity index (χ2v) is 8.22. The molecule has 0 spiro atoms. The molecule has 0 aliphatic heterocycles. The van der Waals surface area contributed by atoms with E-state index in [0.717, 1.165) is 38.1 Å². The molecule has 0 bridgehead atoms. The van der Waals surface area contributed by atoms with Crippen LogP contribution in [0.4, 0.5) is 4.79 Å². The van der Waals surface area contributed by atoms with E-state index in [2.05, 4.69) is 22.9 Å². The van der Waals surface area contributed by atoms with Crippen molar-refractivity contribution < 1.29 is 9.59 Å². The summed E-state index contributed by atoms with van der Waals surface area (Å²) in [4.78, 5) is 24.3. The van der Waals surface area contributed by atoms with Crippen molar-refractivity contribution in [2.24, 2.45) is 17.8 Å². The summed E-state index contributed by atoms with van der Waals surface area (Å²) >= 11 is 0. The van der Waals surface area contributed by atoms with Gasteiger partial charge in [0.2, 0.25) is 5.91 Å². The van der Waals surface area contributed by atoms with Gasteiger partial charge in [-0.1, -0.05) is 26.2 Å². The second kappa shape index (κ2) is 9.28. The summed E-state index contributed by atoms with van der Waals surface area (Å²) in [6, 6.07) is 0.224. The number of hydrogen-bond donors (Lipinski definition) is 3. The van der Waals surface area contributed by atoms with Crippen LogP contribution >= 0.6 is 0 Å². The van der Waals surface area contributed by atoms with Gasteiger partial charge in [0.1, 0.15) is 0 Å². The minimum absolute atomic E-state index is 0.0330. The van der Waals surface area contributed by atoms with E-state index in [0.29, 0.717) is 5.92 Å². The molecule has 0 aromatic heterocycles. The Labute approximate surface area is 146 Å². The van der Waals surface area contributed by atoms with Gasteiger partial charge >= 0.3 is 6.03 Å². The first kappa shape index (κ1) is 19.1. The molecule has 0 radical (unpaired) electrons. The number of amides is 3. The van der Waals surface area contributed by atoms with Crippen molar-refractivity contribution in [2.45, 2.75) is 84.2 Å². The molecule has 0 saturated heterocycles. The zero-order valence-corrected chi connectivity index (χ0v) is 15.6. The molecule has 5 heteroatoms. The normalized spacial score (nSPS) is 30.7. The number of rotatable bonds is 5. The van der Waals surface area contributed by atoms with E-state index in [1.165, 1.54) is 25.7 Å². The Balaban J connectivity index is 1.70. The van der Waals surface area contributed by atoms with Gasteiger partial charge in [-0.3, -0.25) is 4.79 Å². The topological polar surface area (TPSA) is 70.2 Å². The zero-order chi connectivity index (χ0) is 17.5. The lowest BCUT2D eigenvalue weighted by molar-refractivity contribution is -0.126. The molecule has 3 N–H and O–H groups in total. The first-order chi connectivity index (χ1) is 11.4. The minimum Gasteiger partial charge on any atom is -0.354 e. The molecule has 24 heavy (non-hydrogen) atoms. The predicted octanol–water partition coefficient (Wildman–Crippen LogP) is 3.20. The Bertz CT molecular complexity index is 425. The predicted molar refractivity (Wildman–Crippen MR) is 96.7 cm³/mol. The highest BCUT2D eigenvalue weighted by Gasteiger charge is 2.28. The summed E-state index contributed by atoms with van der Waals surface area (Å²) in [5.41, 5.74) is 0. The highest BCUT2D eigenvalue weighted by molar-refractivity contribution is 5.79. The smallest absolute Gasteiger partial charge is 0.315 e. The van der Waals surface area contributed by atoms with E-state index in [1.807, 2.05) is 13.8 Å². The van der Waals surface area contributed by atoms with Crippen LogP contribution in [0.3, 0.4) is 0 Å². The number of hydrogen-bond acceptors (Lipinski definition) is 2. The standard InChI is InChI=1S/C19H35N3O2/c1-13(2)21-18(23)16-8-5-9-17(11-16)22-19(24)20-12-15-7-4-6-14(3)10-15/h13-17H,4-12H2,1-3H3,(H,21,23)(H2,20,22,24). The van der Waals surface area contributed by atoms with E-state index in [9.17, 15) is 9.59 Å². The van der Waals surface area contributed by atoms with Crippen molar-refractivity contribution in [3.63, 3.8) is 0 Å². The average molecular weight is 338 g/mol. The highest BCUT2D eigenvalue weighted by Crippen LogP contribution is 2.28. The summed E-state index contributed by atoms with van der Waals surface area (Å²) in [5, 5.41) is 9.12. The Morgan fingerprint density at radius 2 is 1.79 bits per heavy atom. The molecule has 2 aliphatic carbocycles. The Kier molecular flexibility index (Phi) is 7.38. The maximum Gasteiger partial charge on any atom is 0.315 e. The van der Waals surface area contributed by atoms with Gasteiger partial charge in [-0.2, -0.15) is 0 Å². The lowest BCUT2D eigenvalue weighted by atomic mass is 9.82. The monoisotopic (exact) mass is 337 g/mol. The molecule has 4 atom stereocenters.